The van der Waals surface area contributed by atoms with Gasteiger partial charge in [-0.3, -0.25) is 4.79 Å². The summed E-state index contributed by atoms with van der Waals surface area (Å²) in [5, 5.41) is 9.55. The van der Waals surface area contributed by atoms with Crippen molar-refractivity contribution in [3.63, 3.8) is 0 Å². The normalized spacial score (nSPS) is 14.9. The van der Waals surface area contributed by atoms with Gasteiger partial charge in [0.1, 0.15) is 12.1 Å². The Labute approximate surface area is 96.9 Å². The molecule has 0 radical (unpaired) electrons. The van der Waals surface area contributed by atoms with Gasteiger partial charge in [-0.15, -0.1) is 0 Å². The van der Waals surface area contributed by atoms with E-state index in [-0.39, 0.29) is 6.15 Å². The standard InChI is InChI=1S/C10H22N2O3.H3N/c1-7(10(2,3)14)15-9(13)8(12)5-4-6-11;/h7-8,14H,4-6,11-12H2,1-3H3;1H3. The summed E-state index contributed by atoms with van der Waals surface area (Å²) < 4.78 is 5.02. The van der Waals surface area contributed by atoms with Gasteiger partial charge in [-0.25, -0.2) is 0 Å². The molecule has 0 aliphatic rings. The first kappa shape index (κ1) is 17.7. The maximum Gasteiger partial charge on any atom is 0.323 e. The Morgan fingerprint density at radius 3 is 2.38 bits per heavy atom. The highest BCUT2D eigenvalue weighted by molar-refractivity contribution is 5.75. The minimum absolute atomic E-state index is 0. The van der Waals surface area contributed by atoms with E-state index >= 15 is 0 Å². The highest BCUT2D eigenvalue weighted by Crippen LogP contribution is 2.12. The molecule has 6 nitrogen and oxygen atoms in total. The fourth-order valence-electron chi connectivity index (χ4n) is 0.861. The summed E-state index contributed by atoms with van der Waals surface area (Å²) in [5.74, 6) is -0.488. The molecule has 8 N–H and O–H groups in total. The molecule has 0 aromatic rings. The fraction of sp³-hybridized carbons (Fsp3) is 0.900. The Balaban J connectivity index is 0. The van der Waals surface area contributed by atoms with E-state index in [1.807, 2.05) is 0 Å². The summed E-state index contributed by atoms with van der Waals surface area (Å²) in [6, 6.07) is -0.654. The summed E-state index contributed by atoms with van der Waals surface area (Å²) in [5.41, 5.74) is 9.83. The highest BCUT2D eigenvalue weighted by Gasteiger charge is 2.27. The highest BCUT2D eigenvalue weighted by atomic mass is 16.6. The second-order valence-electron chi connectivity index (χ2n) is 4.27. The van der Waals surface area contributed by atoms with E-state index in [1.54, 1.807) is 20.8 Å². The van der Waals surface area contributed by atoms with Crippen molar-refractivity contribution in [1.82, 2.24) is 6.15 Å². The number of esters is 1. The minimum atomic E-state index is -1.05. The van der Waals surface area contributed by atoms with Gasteiger partial charge in [-0.1, -0.05) is 0 Å². The summed E-state index contributed by atoms with van der Waals surface area (Å²) in [6.07, 6.45) is 0.620. The molecule has 0 saturated carbocycles. The average Bonchev–Trinajstić information content (AvgIpc) is 2.12. The number of nitrogens with two attached hydrogens (primary N) is 2. The van der Waals surface area contributed by atoms with Gasteiger partial charge >= 0.3 is 5.97 Å². The first-order chi connectivity index (χ1) is 6.79. The maximum absolute atomic E-state index is 11.4. The lowest BCUT2D eigenvalue weighted by Gasteiger charge is -2.26. The van der Waals surface area contributed by atoms with Crippen LogP contribution in [0, 0.1) is 0 Å². The predicted molar refractivity (Wildman–Crippen MR) is 63.1 cm³/mol. The molecular weight excluding hydrogens is 210 g/mol. The first-order valence-electron chi connectivity index (χ1n) is 5.17. The predicted octanol–water partition coefficient (Wildman–Crippen LogP) is -0.0828. The molecule has 0 rings (SSSR count). The molecule has 2 unspecified atom stereocenters. The number of carbonyl (C=O) groups excluding carboxylic acids is 1. The Morgan fingerprint density at radius 1 is 1.50 bits per heavy atom. The van der Waals surface area contributed by atoms with Crippen molar-refractivity contribution >= 4 is 5.97 Å². The Hall–Kier alpha value is -0.690. The van der Waals surface area contributed by atoms with E-state index < -0.39 is 23.7 Å². The molecule has 0 aliphatic carbocycles. The van der Waals surface area contributed by atoms with Crippen LogP contribution in [0.4, 0.5) is 0 Å². The molecule has 0 spiro atoms. The van der Waals surface area contributed by atoms with Gasteiger partial charge in [-0.2, -0.15) is 0 Å². The van der Waals surface area contributed by atoms with Gasteiger partial charge in [0.25, 0.3) is 0 Å². The van der Waals surface area contributed by atoms with E-state index in [9.17, 15) is 9.90 Å². The third-order valence-electron chi connectivity index (χ3n) is 2.31. The molecule has 0 heterocycles. The lowest BCUT2D eigenvalue weighted by molar-refractivity contribution is -0.161. The van der Waals surface area contributed by atoms with Crippen molar-refractivity contribution in [3.8, 4) is 0 Å². The van der Waals surface area contributed by atoms with Crippen molar-refractivity contribution in [2.45, 2.75) is 51.4 Å². The van der Waals surface area contributed by atoms with E-state index in [4.69, 9.17) is 16.2 Å². The number of hydrogen-bond acceptors (Lipinski definition) is 6. The molecule has 0 aliphatic heterocycles. The van der Waals surface area contributed by atoms with Crippen LogP contribution in [0.1, 0.15) is 33.6 Å². The molecule has 0 saturated heterocycles. The first-order valence-corrected chi connectivity index (χ1v) is 5.17. The largest absolute Gasteiger partial charge is 0.458 e. The van der Waals surface area contributed by atoms with Gasteiger partial charge in [0.2, 0.25) is 0 Å². The number of rotatable bonds is 6. The molecular formula is C10H25N3O3. The van der Waals surface area contributed by atoms with Crippen molar-refractivity contribution in [2.24, 2.45) is 11.5 Å². The zero-order chi connectivity index (χ0) is 12.1. The van der Waals surface area contributed by atoms with Crippen molar-refractivity contribution in [3.05, 3.63) is 0 Å². The van der Waals surface area contributed by atoms with Gasteiger partial charge in [-0.05, 0) is 40.2 Å². The van der Waals surface area contributed by atoms with Gasteiger partial charge in [0.15, 0.2) is 0 Å². The van der Waals surface area contributed by atoms with Crippen molar-refractivity contribution < 1.29 is 14.6 Å². The quantitative estimate of drug-likeness (QED) is 0.476. The third-order valence-corrected chi connectivity index (χ3v) is 2.31. The Kier molecular flexibility index (Phi) is 8.36. The maximum atomic E-state index is 11.4. The second kappa shape index (κ2) is 7.56. The van der Waals surface area contributed by atoms with E-state index in [2.05, 4.69) is 0 Å². The SMILES string of the molecule is CC(OC(=O)C(N)CCCN)C(C)(C)O.N. The summed E-state index contributed by atoms with van der Waals surface area (Å²) in [4.78, 5) is 11.4. The molecule has 0 aromatic carbocycles. The van der Waals surface area contributed by atoms with E-state index in [1.165, 1.54) is 0 Å². The lowest BCUT2D eigenvalue weighted by Crippen LogP contribution is -2.42. The van der Waals surface area contributed by atoms with Crippen LogP contribution in [0.5, 0.6) is 0 Å². The zero-order valence-electron chi connectivity index (χ0n) is 10.4. The molecule has 16 heavy (non-hydrogen) atoms. The molecule has 6 heteroatoms. The van der Waals surface area contributed by atoms with Crippen LogP contribution in [0.3, 0.4) is 0 Å². The van der Waals surface area contributed by atoms with Crippen LogP contribution in [-0.2, 0) is 9.53 Å². The summed E-state index contributed by atoms with van der Waals surface area (Å²) in [6.45, 7) is 5.29. The number of hydrogen-bond donors (Lipinski definition) is 4. The lowest BCUT2D eigenvalue weighted by atomic mass is 10.0. The van der Waals surface area contributed by atoms with Gasteiger partial charge in [0, 0.05) is 0 Å². The monoisotopic (exact) mass is 235 g/mol. The number of aliphatic hydroxyl groups is 1. The average molecular weight is 235 g/mol. The van der Waals surface area contributed by atoms with Crippen LogP contribution < -0.4 is 17.6 Å². The van der Waals surface area contributed by atoms with Crippen molar-refractivity contribution in [2.75, 3.05) is 6.54 Å². The molecule has 0 aromatic heterocycles. The molecule has 0 fully saturated rings. The van der Waals surface area contributed by atoms with Crippen LogP contribution in [0.15, 0.2) is 0 Å². The van der Waals surface area contributed by atoms with Gasteiger partial charge in [0.05, 0.1) is 5.60 Å². The smallest absolute Gasteiger partial charge is 0.323 e. The topological polar surface area (TPSA) is 134 Å². The summed E-state index contributed by atoms with van der Waals surface area (Å²) in [7, 11) is 0. The van der Waals surface area contributed by atoms with Crippen LogP contribution in [-0.4, -0.2) is 35.4 Å². The van der Waals surface area contributed by atoms with E-state index in [0.717, 1.165) is 0 Å². The molecule has 98 valence electrons. The van der Waals surface area contributed by atoms with Crippen LogP contribution in [0.2, 0.25) is 0 Å². The van der Waals surface area contributed by atoms with Gasteiger partial charge < -0.3 is 27.5 Å². The second-order valence-corrected chi connectivity index (χ2v) is 4.27. The molecule has 0 amide bonds. The van der Waals surface area contributed by atoms with Crippen LogP contribution >= 0.6 is 0 Å². The van der Waals surface area contributed by atoms with E-state index in [0.29, 0.717) is 19.4 Å². The minimum Gasteiger partial charge on any atom is -0.458 e. The zero-order valence-corrected chi connectivity index (χ0v) is 10.4. The van der Waals surface area contributed by atoms with Crippen molar-refractivity contribution in [1.29, 1.82) is 0 Å². The molecule has 2 atom stereocenters. The summed E-state index contributed by atoms with van der Waals surface area (Å²) >= 11 is 0. The number of carbonyl (C=O) groups is 1. The molecule has 0 bridgehead atoms. The fourth-order valence-corrected chi connectivity index (χ4v) is 0.861. The Morgan fingerprint density at radius 2 is 2.00 bits per heavy atom. The van der Waals surface area contributed by atoms with Crippen LogP contribution in [0.25, 0.3) is 0 Å². The number of ether oxygens (including phenoxy) is 1. The Bertz CT molecular complexity index is 204. The third kappa shape index (κ3) is 6.73.